The summed E-state index contributed by atoms with van der Waals surface area (Å²) in [6.45, 7) is 7.15. The van der Waals surface area contributed by atoms with Crippen LogP contribution in [0.3, 0.4) is 0 Å². The number of hydrogen-bond donors (Lipinski definition) is 1. The number of nitrogens with zero attached hydrogens (tertiary/aromatic N) is 1. The molecule has 1 fully saturated rings. The standard InChI is InChI=1S/C27H26N2O5S/c1-4-32-19-12-9-18(10-13-19)29-26(31)23(25(30)28-27(29)35)16-22-21-15-20(33-5-2)11-7-17(21)8-14-24(22)34-6-3/h7-16H,4-6H2,1-3H3,(H,28,30,35)/b23-16+. The highest BCUT2D eigenvalue weighted by molar-refractivity contribution is 7.80. The molecule has 7 nitrogen and oxygen atoms in total. The average molecular weight is 491 g/mol. The minimum absolute atomic E-state index is 0.0166. The van der Waals surface area contributed by atoms with Gasteiger partial charge in [0.1, 0.15) is 22.8 Å². The van der Waals surface area contributed by atoms with E-state index >= 15 is 0 Å². The maximum atomic E-state index is 13.5. The molecule has 8 heteroatoms. The second kappa shape index (κ2) is 10.6. The fourth-order valence-corrected chi connectivity index (χ4v) is 4.16. The normalized spacial score (nSPS) is 14.9. The molecule has 0 aliphatic carbocycles. The summed E-state index contributed by atoms with van der Waals surface area (Å²) in [5.74, 6) is 0.826. The van der Waals surface area contributed by atoms with Gasteiger partial charge in [-0.15, -0.1) is 0 Å². The van der Waals surface area contributed by atoms with E-state index in [0.717, 1.165) is 10.8 Å². The average Bonchev–Trinajstić information content (AvgIpc) is 2.84. The smallest absolute Gasteiger partial charge is 0.270 e. The van der Waals surface area contributed by atoms with Crippen LogP contribution in [0.1, 0.15) is 26.3 Å². The second-order valence-corrected chi connectivity index (χ2v) is 8.00. The number of thiocarbonyl (C=S) groups is 1. The van der Waals surface area contributed by atoms with Crippen LogP contribution in [0.25, 0.3) is 16.8 Å². The molecule has 1 aliphatic rings. The number of fused-ring (bicyclic) bond motifs is 1. The Labute approximate surface area is 209 Å². The van der Waals surface area contributed by atoms with Gasteiger partial charge in [-0.2, -0.15) is 0 Å². The van der Waals surface area contributed by atoms with E-state index in [1.807, 2.05) is 51.1 Å². The van der Waals surface area contributed by atoms with Crippen molar-refractivity contribution in [2.45, 2.75) is 20.8 Å². The number of benzene rings is 3. The van der Waals surface area contributed by atoms with E-state index in [4.69, 9.17) is 26.4 Å². The third-order valence-electron chi connectivity index (χ3n) is 5.40. The molecule has 0 bridgehead atoms. The Balaban J connectivity index is 1.82. The summed E-state index contributed by atoms with van der Waals surface area (Å²) in [5.41, 5.74) is 1.09. The molecule has 1 N–H and O–H groups in total. The summed E-state index contributed by atoms with van der Waals surface area (Å²) < 4.78 is 17.0. The highest BCUT2D eigenvalue weighted by atomic mass is 32.1. The first kappa shape index (κ1) is 24.2. The Bertz CT molecular complexity index is 1310. The fraction of sp³-hybridized carbons (Fsp3) is 0.222. The Morgan fingerprint density at radius 3 is 2.17 bits per heavy atom. The third kappa shape index (κ3) is 4.97. The first-order valence-corrected chi connectivity index (χ1v) is 11.8. The zero-order valence-corrected chi connectivity index (χ0v) is 20.6. The van der Waals surface area contributed by atoms with Crippen LogP contribution in [0.15, 0.2) is 60.2 Å². The van der Waals surface area contributed by atoms with Crippen molar-refractivity contribution in [3.05, 3.63) is 65.7 Å². The molecule has 35 heavy (non-hydrogen) atoms. The van der Waals surface area contributed by atoms with Crippen molar-refractivity contribution in [3.63, 3.8) is 0 Å². The quantitative estimate of drug-likeness (QED) is 0.276. The monoisotopic (exact) mass is 490 g/mol. The predicted octanol–water partition coefficient (Wildman–Crippen LogP) is 4.87. The van der Waals surface area contributed by atoms with Crippen LogP contribution >= 0.6 is 12.2 Å². The van der Waals surface area contributed by atoms with E-state index in [2.05, 4.69) is 5.32 Å². The summed E-state index contributed by atoms with van der Waals surface area (Å²) in [4.78, 5) is 27.8. The van der Waals surface area contributed by atoms with E-state index in [-0.39, 0.29) is 10.7 Å². The molecule has 1 saturated heterocycles. The molecule has 4 rings (SSSR count). The van der Waals surface area contributed by atoms with Gasteiger partial charge in [0, 0.05) is 5.56 Å². The summed E-state index contributed by atoms with van der Waals surface area (Å²) >= 11 is 5.33. The van der Waals surface area contributed by atoms with Crippen molar-refractivity contribution in [1.29, 1.82) is 0 Å². The van der Waals surface area contributed by atoms with Gasteiger partial charge in [-0.1, -0.05) is 12.1 Å². The minimum Gasteiger partial charge on any atom is -0.494 e. The van der Waals surface area contributed by atoms with Gasteiger partial charge in [0.05, 0.1) is 25.5 Å². The Kier molecular flexibility index (Phi) is 7.31. The van der Waals surface area contributed by atoms with Crippen molar-refractivity contribution in [2.75, 3.05) is 24.7 Å². The number of rotatable bonds is 8. The number of hydrogen-bond acceptors (Lipinski definition) is 6. The van der Waals surface area contributed by atoms with Gasteiger partial charge in [0.15, 0.2) is 5.11 Å². The molecular formula is C27H26N2O5S. The molecule has 3 aromatic carbocycles. The highest BCUT2D eigenvalue weighted by Gasteiger charge is 2.35. The van der Waals surface area contributed by atoms with Gasteiger partial charge in [0.25, 0.3) is 11.8 Å². The van der Waals surface area contributed by atoms with Crippen LogP contribution in [0.4, 0.5) is 5.69 Å². The number of anilines is 1. The van der Waals surface area contributed by atoms with Gasteiger partial charge in [-0.3, -0.25) is 19.8 Å². The SMILES string of the molecule is CCOc1ccc(N2C(=O)/C(=C/c3c(OCC)ccc4ccc(OCC)cc34)C(=O)NC2=S)cc1. The molecule has 0 spiro atoms. The lowest BCUT2D eigenvalue weighted by Gasteiger charge is -2.29. The molecule has 0 atom stereocenters. The van der Waals surface area contributed by atoms with Crippen LogP contribution < -0.4 is 24.4 Å². The van der Waals surface area contributed by atoms with Gasteiger partial charge in [0.2, 0.25) is 0 Å². The van der Waals surface area contributed by atoms with Crippen LogP contribution in [-0.4, -0.2) is 36.7 Å². The molecule has 0 radical (unpaired) electrons. The summed E-state index contributed by atoms with van der Waals surface area (Å²) in [5, 5.41) is 4.37. The first-order chi connectivity index (χ1) is 17.0. The zero-order valence-electron chi connectivity index (χ0n) is 19.8. The molecule has 3 aromatic rings. The zero-order chi connectivity index (χ0) is 24.9. The Morgan fingerprint density at radius 2 is 1.49 bits per heavy atom. The van der Waals surface area contributed by atoms with E-state index in [1.54, 1.807) is 30.3 Å². The maximum absolute atomic E-state index is 13.5. The van der Waals surface area contributed by atoms with Crippen molar-refractivity contribution in [1.82, 2.24) is 5.32 Å². The highest BCUT2D eigenvalue weighted by Crippen LogP contribution is 2.34. The molecule has 0 unspecified atom stereocenters. The van der Waals surface area contributed by atoms with Crippen LogP contribution in [-0.2, 0) is 9.59 Å². The molecule has 1 heterocycles. The molecule has 180 valence electrons. The lowest BCUT2D eigenvalue weighted by Crippen LogP contribution is -2.54. The Hall–Kier alpha value is -3.91. The summed E-state index contributed by atoms with van der Waals surface area (Å²) in [7, 11) is 0. The molecule has 0 aromatic heterocycles. The topological polar surface area (TPSA) is 77.1 Å². The van der Waals surface area contributed by atoms with Crippen molar-refractivity contribution in [2.24, 2.45) is 0 Å². The number of ether oxygens (including phenoxy) is 3. The van der Waals surface area contributed by atoms with Crippen LogP contribution in [0, 0.1) is 0 Å². The molecular weight excluding hydrogens is 464 g/mol. The molecule has 0 saturated carbocycles. The van der Waals surface area contributed by atoms with E-state index in [9.17, 15) is 9.59 Å². The third-order valence-corrected chi connectivity index (χ3v) is 5.69. The molecule has 1 aliphatic heterocycles. The van der Waals surface area contributed by atoms with E-state index < -0.39 is 11.8 Å². The largest absolute Gasteiger partial charge is 0.494 e. The second-order valence-electron chi connectivity index (χ2n) is 7.61. The van der Waals surface area contributed by atoms with Crippen molar-refractivity contribution < 1.29 is 23.8 Å². The van der Waals surface area contributed by atoms with Crippen LogP contribution in [0.2, 0.25) is 0 Å². The number of carbonyl (C=O) groups excluding carboxylic acids is 2. The number of carbonyl (C=O) groups is 2. The van der Waals surface area contributed by atoms with Crippen LogP contribution in [0.5, 0.6) is 17.2 Å². The first-order valence-electron chi connectivity index (χ1n) is 11.4. The summed E-state index contributed by atoms with van der Waals surface area (Å²) in [6.07, 6.45) is 1.56. The lowest BCUT2D eigenvalue weighted by atomic mass is 9.99. The van der Waals surface area contributed by atoms with Crippen molar-refractivity contribution in [3.8, 4) is 17.2 Å². The predicted molar refractivity (Wildman–Crippen MR) is 140 cm³/mol. The lowest BCUT2D eigenvalue weighted by molar-refractivity contribution is -0.122. The fourth-order valence-electron chi connectivity index (χ4n) is 3.88. The minimum atomic E-state index is -0.567. The van der Waals surface area contributed by atoms with E-state index in [1.165, 1.54) is 4.90 Å². The van der Waals surface area contributed by atoms with Gasteiger partial charge in [-0.25, -0.2) is 0 Å². The van der Waals surface area contributed by atoms with Gasteiger partial charge in [-0.05, 0) is 92.3 Å². The number of nitrogens with one attached hydrogen (secondary N) is 1. The molecule has 2 amide bonds. The van der Waals surface area contributed by atoms with Gasteiger partial charge >= 0.3 is 0 Å². The van der Waals surface area contributed by atoms with Crippen molar-refractivity contribution >= 4 is 51.7 Å². The van der Waals surface area contributed by atoms with Gasteiger partial charge < -0.3 is 14.2 Å². The maximum Gasteiger partial charge on any atom is 0.270 e. The Morgan fingerprint density at radius 1 is 0.857 bits per heavy atom. The van der Waals surface area contributed by atoms with E-state index in [0.29, 0.717) is 48.3 Å². The number of amides is 2. The summed E-state index contributed by atoms with van der Waals surface area (Å²) in [6, 6.07) is 16.4.